The summed E-state index contributed by atoms with van der Waals surface area (Å²) in [5, 5.41) is 1.21. The van der Waals surface area contributed by atoms with Gasteiger partial charge in [0, 0.05) is 5.75 Å². The van der Waals surface area contributed by atoms with Crippen molar-refractivity contribution in [2.45, 2.75) is 19.0 Å². The fraction of sp³-hybridized carbons (Fsp3) is 0.167. The Morgan fingerprint density at radius 2 is 1.80 bits per heavy atom. The Morgan fingerprint density at radius 1 is 1.03 bits per heavy atom. The summed E-state index contributed by atoms with van der Waals surface area (Å²) in [6.45, 7) is 4.43. The average molecular weight is 421 g/mol. The van der Waals surface area contributed by atoms with Crippen molar-refractivity contribution in [1.82, 2.24) is 9.55 Å². The second-order valence-electron chi connectivity index (χ2n) is 6.99. The molecule has 1 heterocycles. The largest absolute Gasteiger partial charge is 0.493 e. The monoisotopic (exact) mass is 420 g/mol. The molecule has 0 aliphatic carbocycles. The number of fused-ring (bicyclic) bond motifs is 1. The van der Waals surface area contributed by atoms with Crippen LogP contribution < -0.4 is 10.3 Å². The van der Waals surface area contributed by atoms with E-state index in [2.05, 4.69) is 6.07 Å². The second kappa shape index (κ2) is 8.71. The van der Waals surface area contributed by atoms with E-state index in [0.29, 0.717) is 34.2 Å². The highest BCUT2D eigenvalue weighted by Gasteiger charge is 2.15. The number of aromatic nitrogens is 2. The lowest BCUT2D eigenvalue weighted by molar-refractivity contribution is 0.343. The zero-order valence-corrected chi connectivity index (χ0v) is 17.6. The Hall–Kier alpha value is -3.12. The van der Waals surface area contributed by atoms with Crippen LogP contribution >= 0.6 is 11.8 Å². The zero-order chi connectivity index (χ0) is 21.1. The molecule has 0 fully saturated rings. The third-order valence-corrected chi connectivity index (χ3v) is 5.64. The summed E-state index contributed by atoms with van der Waals surface area (Å²) in [4.78, 5) is 18.1. The molecule has 6 heteroatoms. The minimum absolute atomic E-state index is 0.0884. The number of halogens is 1. The predicted molar refractivity (Wildman–Crippen MR) is 119 cm³/mol. The van der Waals surface area contributed by atoms with Gasteiger partial charge in [0.2, 0.25) is 0 Å². The van der Waals surface area contributed by atoms with Crippen molar-refractivity contribution in [2.24, 2.45) is 0 Å². The molecule has 3 aromatic carbocycles. The van der Waals surface area contributed by atoms with E-state index in [1.54, 1.807) is 22.8 Å². The van der Waals surface area contributed by atoms with E-state index in [-0.39, 0.29) is 11.4 Å². The fourth-order valence-electron chi connectivity index (χ4n) is 3.30. The first-order valence-electron chi connectivity index (χ1n) is 9.63. The number of hydrogen-bond donors (Lipinski definition) is 0. The summed E-state index contributed by atoms with van der Waals surface area (Å²) in [6.07, 6.45) is 0. The first-order valence-corrected chi connectivity index (χ1v) is 10.6. The molecule has 0 N–H and O–H groups in total. The van der Waals surface area contributed by atoms with Gasteiger partial charge in [0.15, 0.2) is 5.16 Å². The summed E-state index contributed by atoms with van der Waals surface area (Å²) in [5.74, 6) is 0.900. The Labute approximate surface area is 178 Å². The molecule has 0 saturated heterocycles. The Morgan fingerprint density at radius 3 is 2.57 bits per heavy atom. The molecule has 0 spiro atoms. The van der Waals surface area contributed by atoms with Crippen molar-refractivity contribution in [1.29, 1.82) is 0 Å². The summed E-state index contributed by atoms with van der Waals surface area (Å²) in [6, 6.07) is 19.3. The maximum absolute atomic E-state index is 13.3. The number of ether oxygens (including phenoxy) is 1. The minimum atomic E-state index is -0.297. The molecule has 0 unspecified atom stereocenters. The van der Waals surface area contributed by atoms with Gasteiger partial charge in [-0.2, -0.15) is 0 Å². The fourth-order valence-corrected chi connectivity index (χ4v) is 4.12. The number of thioether (sulfide) groups is 1. The van der Waals surface area contributed by atoms with Gasteiger partial charge in [-0.25, -0.2) is 9.37 Å². The van der Waals surface area contributed by atoms with Gasteiger partial charge in [0.1, 0.15) is 11.6 Å². The van der Waals surface area contributed by atoms with Crippen LogP contribution in [0.3, 0.4) is 0 Å². The Bertz CT molecular complexity index is 1250. The van der Waals surface area contributed by atoms with E-state index in [4.69, 9.17) is 9.72 Å². The van der Waals surface area contributed by atoms with Gasteiger partial charge in [0.25, 0.3) is 5.56 Å². The van der Waals surface area contributed by atoms with Gasteiger partial charge in [-0.15, -0.1) is 0 Å². The molecule has 0 saturated carbocycles. The average Bonchev–Trinajstić information content (AvgIpc) is 2.74. The van der Waals surface area contributed by atoms with Crippen LogP contribution in [0.2, 0.25) is 0 Å². The minimum Gasteiger partial charge on any atom is -0.493 e. The van der Waals surface area contributed by atoms with E-state index in [1.165, 1.54) is 23.9 Å². The Kier molecular flexibility index (Phi) is 5.86. The van der Waals surface area contributed by atoms with Gasteiger partial charge < -0.3 is 4.74 Å². The number of para-hydroxylation sites is 1. The van der Waals surface area contributed by atoms with Crippen LogP contribution in [0.15, 0.2) is 76.7 Å². The highest BCUT2D eigenvalue weighted by molar-refractivity contribution is 7.99. The SMILES string of the molecule is Cc1ccc(-n2c(SCCOc3ccc(F)cc3)nc3ccccc3c2=O)c(C)c1. The van der Waals surface area contributed by atoms with Crippen LogP contribution in [0.5, 0.6) is 5.75 Å². The third kappa shape index (κ3) is 4.24. The van der Waals surface area contributed by atoms with Crippen LogP contribution in [0.4, 0.5) is 4.39 Å². The molecular formula is C24H21FN2O2S. The lowest BCUT2D eigenvalue weighted by Crippen LogP contribution is -2.22. The predicted octanol–water partition coefficient (Wildman–Crippen LogP) is 5.31. The van der Waals surface area contributed by atoms with Crippen LogP contribution in [-0.2, 0) is 0 Å². The van der Waals surface area contributed by atoms with E-state index < -0.39 is 0 Å². The summed E-state index contributed by atoms with van der Waals surface area (Å²) in [7, 11) is 0. The number of aryl methyl sites for hydroxylation is 2. The molecule has 4 aromatic rings. The van der Waals surface area contributed by atoms with Crippen LogP contribution in [0.1, 0.15) is 11.1 Å². The van der Waals surface area contributed by atoms with Crippen LogP contribution in [-0.4, -0.2) is 21.9 Å². The topological polar surface area (TPSA) is 44.1 Å². The highest BCUT2D eigenvalue weighted by atomic mass is 32.2. The first-order chi connectivity index (χ1) is 14.5. The highest BCUT2D eigenvalue weighted by Crippen LogP contribution is 2.24. The maximum Gasteiger partial charge on any atom is 0.266 e. The molecule has 152 valence electrons. The van der Waals surface area contributed by atoms with Gasteiger partial charge in [-0.1, -0.05) is 41.6 Å². The van der Waals surface area contributed by atoms with Crippen LogP contribution in [0, 0.1) is 19.7 Å². The zero-order valence-electron chi connectivity index (χ0n) is 16.8. The molecule has 0 aliphatic rings. The van der Waals surface area contributed by atoms with Crippen molar-refractivity contribution in [3.63, 3.8) is 0 Å². The molecule has 0 aliphatic heterocycles. The number of benzene rings is 3. The molecule has 0 amide bonds. The van der Waals surface area contributed by atoms with Crippen molar-refractivity contribution in [2.75, 3.05) is 12.4 Å². The molecule has 0 atom stereocenters. The van der Waals surface area contributed by atoms with E-state index in [0.717, 1.165) is 16.8 Å². The van der Waals surface area contributed by atoms with E-state index >= 15 is 0 Å². The normalized spacial score (nSPS) is 11.0. The second-order valence-corrected chi connectivity index (χ2v) is 8.05. The smallest absolute Gasteiger partial charge is 0.266 e. The number of hydrogen-bond acceptors (Lipinski definition) is 4. The molecule has 4 rings (SSSR count). The number of nitrogens with zero attached hydrogens (tertiary/aromatic N) is 2. The van der Waals surface area contributed by atoms with Gasteiger partial charge in [-0.3, -0.25) is 9.36 Å². The molecular weight excluding hydrogens is 399 g/mol. The third-order valence-electron chi connectivity index (χ3n) is 4.73. The van der Waals surface area contributed by atoms with Gasteiger partial charge >= 0.3 is 0 Å². The Balaban J connectivity index is 1.65. The lowest BCUT2D eigenvalue weighted by Gasteiger charge is -2.15. The van der Waals surface area contributed by atoms with Gasteiger partial charge in [-0.05, 0) is 61.9 Å². The molecule has 0 radical (unpaired) electrons. The van der Waals surface area contributed by atoms with E-state index in [9.17, 15) is 9.18 Å². The summed E-state index contributed by atoms with van der Waals surface area (Å²) < 4.78 is 20.4. The van der Waals surface area contributed by atoms with E-state index in [1.807, 2.05) is 44.2 Å². The molecule has 0 bridgehead atoms. The van der Waals surface area contributed by atoms with Gasteiger partial charge in [0.05, 0.1) is 23.2 Å². The molecule has 4 nitrogen and oxygen atoms in total. The first kappa shape index (κ1) is 20.2. The maximum atomic E-state index is 13.3. The summed E-state index contributed by atoms with van der Waals surface area (Å²) >= 11 is 1.46. The van der Waals surface area contributed by atoms with Crippen LogP contribution in [0.25, 0.3) is 16.6 Å². The van der Waals surface area contributed by atoms with Crippen molar-refractivity contribution < 1.29 is 9.13 Å². The quantitative estimate of drug-likeness (QED) is 0.241. The summed E-state index contributed by atoms with van der Waals surface area (Å²) in [5.41, 5.74) is 3.56. The number of rotatable bonds is 6. The molecule has 30 heavy (non-hydrogen) atoms. The standard InChI is InChI=1S/C24H21FN2O2S/c1-16-7-12-22(17(2)15-16)27-23(28)20-5-3-4-6-21(20)26-24(27)30-14-13-29-19-10-8-18(25)9-11-19/h3-12,15H,13-14H2,1-2H3. The lowest BCUT2D eigenvalue weighted by atomic mass is 10.1. The molecule has 1 aromatic heterocycles. The van der Waals surface area contributed by atoms with Crippen molar-refractivity contribution in [3.05, 3.63) is 94.0 Å². The van der Waals surface area contributed by atoms with Crippen molar-refractivity contribution in [3.8, 4) is 11.4 Å². The van der Waals surface area contributed by atoms with Crippen molar-refractivity contribution >= 4 is 22.7 Å².